The predicted molar refractivity (Wildman–Crippen MR) is 90.2 cm³/mol. The Morgan fingerprint density at radius 3 is 2.30 bits per heavy atom. The Kier molecular flexibility index (Phi) is 5.21. The van der Waals surface area contributed by atoms with Crippen molar-refractivity contribution in [2.45, 2.75) is 19.9 Å². The highest BCUT2D eigenvalue weighted by Gasteiger charge is 2.06. The van der Waals surface area contributed by atoms with Gasteiger partial charge in [0.05, 0.1) is 0 Å². The van der Waals surface area contributed by atoms with Crippen molar-refractivity contribution in [3.05, 3.63) is 63.6 Å². The number of anilines is 1. The second-order valence-electron chi connectivity index (χ2n) is 5.14. The fourth-order valence-corrected chi connectivity index (χ4v) is 2.68. The topological polar surface area (TPSA) is 29.3 Å². The fraction of sp³-hybridized carbons (Fsp3) is 0.294. The molecular weight excluding hydrogens is 312 g/mol. The first-order valence-corrected chi connectivity index (χ1v) is 7.64. The van der Waals surface area contributed by atoms with Crippen LogP contribution in [0.25, 0.3) is 0 Å². The van der Waals surface area contributed by atoms with E-state index in [1.165, 1.54) is 22.4 Å². The standard InChI is InChI=1S/C17H21BrN2/c1-13-11-14(9-10-19)5-8-17(13)20(2)12-15-3-6-16(18)7-4-15/h3-8,11H,9-10,12,19H2,1-2H3. The maximum absolute atomic E-state index is 5.61. The van der Waals surface area contributed by atoms with E-state index in [0.29, 0.717) is 6.54 Å². The highest BCUT2D eigenvalue weighted by molar-refractivity contribution is 9.10. The number of aryl methyl sites for hydroxylation is 1. The molecule has 0 heterocycles. The highest BCUT2D eigenvalue weighted by atomic mass is 79.9. The van der Waals surface area contributed by atoms with E-state index in [2.05, 4.69) is 77.3 Å². The van der Waals surface area contributed by atoms with Crippen LogP contribution in [0.3, 0.4) is 0 Å². The minimum atomic E-state index is 0.702. The Bertz CT molecular complexity index is 564. The van der Waals surface area contributed by atoms with Gasteiger partial charge >= 0.3 is 0 Å². The lowest BCUT2D eigenvalue weighted by molar-refractivity contribution is 0.912. The van der Waals surface area contributed by atoms with Crippen LogP contribution in [0.5, 0.6) is 0 Å². The first-order chi connectivity index (χ1) is 9.60. The van der Waals surface area contributed by atoms with Gasteiger partial charge in [0.25, 0.3) is 0 Å². The second kappa shape index (κ2) is 6.91. The molecule has 0 bridgehead atoms. The van der Waals surface area contributed by atoms with Crippen LogP contribution in [0.15, 0.2) is 46.9 Å². The Hall–Kier alpha value is -1.32. The van der Waals surface area contributed by atoms with Gasteiger partial charge in [-0.05, 0) is 54.8 Å². The zero-order valence-corrected chi connectivity index (χ0v) is 13.7. The number of nitrogens with zero attached hydrogens (tertiary/aromatic N) is 1. The van der Waals surface area contributed by atoms with Crippen LogP contribution < -0.4 is 10.6 Å². The van der Waals surface area contributed by atoms with Crippen LogP contribution in [-0.4, -0.2) is 13.6 Å². The number of benzene rings is 2. The average Bonchev–Trinajstić information content (AvgIpc) is 2.42. The number of nitrogens with two attached hydrogens (primary N) is 1. The number of hydrogen-bond donors (Lipinski definition) is 1. The van der Waals surface area contributed by atoms with E-state index >= 15 is 0 Å². The van der Waals surface area contributed by atoms with Crippen LogP contribution in [0.2, 0.25) is 0 Å². The lowest BCUT2D eigenvalue weighted by atomic mass is 10.1. The van der Waals surface area contributed by atoms with Crippen LogP contribution in [0.4, 0.5) is 5.69 Å². The molecule has 0 aliphatic rings. The summed E-state index contributed by atoms with van der Waals surface area (Å²) in [6.45, 7) is 3.77. The van der Waals surface area contributed by atoms with Gasteiger partial charge in [0.15, 0.2) is 0 Å². The maximum Gasteiger partial charge on any atom is 0.0426 e. The Balaban J connectivity index is 2.12. The molecule has 0 fully saturated rings. The molecule has 0 saturated heterocycles. The third-order valence-electron chi connectivity index (χ3n) is 3.44. The third-order valence-corrected chi connectivity index (χ3v) is 3.97. The van der Waals surface area contributed by atoms with Crippen LogP contribution in [-0.2, 0) is 13.0 Å². The van der Waals surface area contributed by atoms with Gasteiger partial charge in [-0.15, -0.1) is 0 Å². The van der Waals surface area contributed by atoms with Crippen molar-refractivity contribution in [1.82, 2.24) is 0 Å². The van der Waals surface area contributed by atoms with Gasteiger partial charge in [-0.3, -0.25) is 0 Å². The summed E-state index contributed by atoms with van der Waals surface area (Å²) in [5, 5.41) is 0. The summed E-state index contributed by atoms with van der Waals surface area (Å²) in [7, 11) is 2.13. The Morgan fingerprint density at radius 1 is 1.05 bits per heavy atom. The summed E-state index contributed by atoms with van der Waals surface area (Å²) >= 11 is 3.47. The normalized spacial score (nSPS) is 10.6. The third kappa shape index (κ3) is 3.84. The van der Waals surface area contributed by atoms with Crippen LogP contribution >= 0.6 is 15.9 Å². The zero-order valence-electron chi connectivity index (χ0n) is 12.1. The SMILES string of the molecule is Cc1cc(CCN)ccc1N(C)Cc1ccc(Br)cc1. The molecule has 0 atom stereocenters. The van der Waals surface area contributed by atoms with Gasteiger partial charge in [-0.25, -0.2) is 0 Å². The van der Waals surface area contributed by atoms with Gasteiger partial charge in [0, 0.05) is 23.8 Å². The van der Waals surface area contributed by atoms with Crippen LogP contribution in [0.1, 0.15) is 16.7 Å². The first kappa shape index (κ1) is 15.1. The fourth-order valence-electron chi connectivity index (χ4n) is 2.42. The molecule has 0 radical (unpaired) electrons. The zero-order chi connectivity index (χ0) is 14.5. The molecule has 0 spiro atoms. The molecule has 2 N–H and O–H groups in total. The summed E-state index contributed by atoms with van der Waals surface area (Å²) in [4.78, 5) is 2.28. The molecule has 3 heteroatoms. The van der Waals surface area contributed by atoms with Crippen LogP contribution in [0, 0.1) is 6.92 Å². The van der Waals surface area contributed by atoms with E-state index in [9.17, 15) is 0 Å². The van der Waals surface area contributed by atoms with Gasteiger partial charge < -0.3 is 10.6 Å². The van der Waals surface area contributed by atoms with Crippen molar-refractivity contribution >= 4 is 21.6 Å². The predicted octanol–water partition coefficient (Wildman–Crippen LogP) is 3.90. The first-order valence-electron chi connectivity index (χ1n) is 6.85. The van der Waals surface area contributed by atoms with E-state index in [1.807, 2.05) is 0 Å². The van der Waals surface area contributed by atoms with E-state index in [4.69, 9.17) is 5.73 Å². The van der Waals surface area contributed by atoms with Crippen molar-refractivity contribution in [1.29, 1.82) is 0 Å². The highest BCUT2D eigenvalue weighted by Crippen LogP contribution is 2.22. The molecule has 2 aromatic rings. The lowest BCUT2D eigenvalue weighted by Crippen LogP contribution is -2.17. The molecular formula is C17H21BrN2. The molecule has 0 aliphatic heterocycles. The molecule has 0 aliphatic carbocycles. The number of halogens is 1. The molecule has 0 aromatic heterocycles. The monoisotopic (exact) mass is 332 g/mol. The van der Waals surface area contributed by atoms with E-state index in [0.717, 1.165) is 17.4 Å². The minimum Gasteiger partial charge on any atom is -0.370 e. The smallest absolute Gasteiger partial charge is 0.0426 e. The summed E-state index contributed by atoms with van der Waals surface area (Å²) in [6.07, 6.45) is 0.942. The summed E-state index contributed by atoms with van der Waals surface area (Å²) < 4.78 is 1.12. The van der Waals surface area contributed by atoms with E-state index in [-0.39, 0.29) is 0 Å². The van der Waals surface area contributed by atoms with Gasteiger partial charge in [-0.1, -0.05) is 40.2 Å². The maximum atomic E-state index is 5.61. The molecule has 2 aromatic carbocycles. The van der Waals surface area contributed by atoms with Crippen molar-refractivity contribution in [2.24, 2.45) is 5.73 Å². The Labute approximate surface area is 129 Å². The minimum absolute atomic E-state index is 0.702. The van der Waals surface area contributed by atoms with Gasteiger partial charge in [-0.2, -0.15) is 0 Å². The molecule has 0 amide bonds. The Morgan fingerprint density at radius 2 is 1.70 bits per heavy atom. The van der Waals surface area contributed by atoms with E-state index in [1.54, 1.807) is 0 Å². The molecule has 0 unspecified atom stereocenters. The van der Waals surface area contributed by atoms with Gasteiger partial charge in [0.2, 0.25) is 0 Å². The van der Waals surface area contributed by atoms with Crippen molar-refractivity contribution in [2.75, 3.05) is 18.5 Å². The molecule has 2 nitrogen and oxygen atoms in total. The van der Waals surface area contributed by atoms with E-state index < -0.39 is 0 Å². The molecule has 2 rings (SSSR count). The summed E-state index contributed by atoms with van der Waals surface area (Å²) in [5.74, 6) is 0. The molecule has 106 valence electrons. The molecule has 20 heavy (non-hydrogen) atoms. The van der Waals surface area contributed by atoms with Crippen molar-refractivity contribution < 1.29 is 0 Å². The second-order valence-corrected chi connectivity index (χ2v) is 6.06. The molecule has 0 saturated carbocycles. The quantitative estimate of drug-likeness (QED) is 0.899. The van der Waals surface area contributed by atoms with Crippen molar-refractivity contribution in [3.8, 4) is 0 Å². The average molecular weight is 333 g/mol. The summed E-state index contributed by atoms with van der Waals surface area (Å²) in [6, 6.07) is 15.1. The van der Waals surface area contributed by atoms with Gasteiger partial charge in [0.1, 0.15) is 0 Å². The number of hydrogen-bond acceptors (Lipinski definition) is 2. The largest absolute Gasteiger partial charge is 0.370 e. The lowest BCUT2D eigenvalue weighted by Gasteiger charge is -2.22. The number of rotatable bonds is 5. The summed E-state index contributed by atoms with van der Waals surface area (Å²) in [5.41, 5.74) is 10.8. The van der Waals surface area contributed by atoms with Crippen molar-refractivity contribution in [3.63, 3.8) is 0 Å².